The lowest BCUT2D eigenvalue weighted by Crippen LogP contribution is -2.28. The largest absolute Gasteiger partial charge is 0.496 e. The van der Waals surface area contributed by atoms with E-state index in [1.54, 1.807) is 43.4 Å². The Kier molecular flexibility index (Phi) is 9.44. The van der Waals surface area contributed by atoms with E-state index < -0.39 is 11.9 Å². The Morgan fingerprint density at radius 3 is 2.39 bits per heavy atom. The first kappa shape index (κ1) is 26.7. The van der Waals surface area contributed by atoms with Crippen LogP contribution in [0.25, 0.3) is 0 Å². The van der Waals surface area contributed by atoms with Crippen molar-refractivity contribution in [3.05, 3.63) is 58.7 Å². The highest BCUT2D eigenvalue weighted by Crippen LogP contribution is 2.27. The smallest absolute Gasteiger partial charge is 0.337 e. The monoisotopic (exact) mass is 495 g/mol. The SMILES string of the molecule is CNc1ccc(C(=O)NCC2CCCC2)cc1C(Cc1ccc(C(=O)OC)cc1OC)=NOC(C)=O. The molecule has 0 bridgehead atoms. The summed E-state index contributed by atoms with van der Waals surface area (Å²) < 4.78 is 10.3. The predicted octanol–water partition coefficient (Wildman–Crippen LogP) is 3.95. The van der Waals surface area contributed by atoms with Gasteiger partial charge in [-0.05, 0) is 49.1 Å². The molecule has 0 saturated heterocycles. The van der Waals surface area contributed by atoms with Crippen LogP contribution in [0.4, 0.5) is 5.69 Å². The molecule has 0 aliphatic heterocycles. The third kappa shape index (κ3) is 6.84. The van der Waals surface area contributed by atoms with Crippen molar-refractivity contribution in [2.75, 3.05) is 33.1 Å². The number of nitrogens with one attached hydrogen (secondary N) is 2. The van der Waals surface area contributed by atoms with E-state index in [1.165, 1.54) is 34.0 Å². The summed E-state index contributed by atoms with van der Waals surface area (Å²) in [4.78, 5) is 41.4. The summed E-state index contributed by atoms with van der Waals surface area (Å²) in [5, 5.41) is 10.2. The minimum absolute atomic E-state index is 0.169. The second-order valence-corrected chi connectivity index (χ2v) is 8.69. The number of anilines is 1. The number of nitrogens with zero attached hydrogens (tertiary/aromatic N) is 1. The Bertz CT molecular complexity index is 1140. The van der Waals surface area contributed by atoms with Gasteiger partial charge in [-0.25, -0.2) is 9.59 Å². The lowest BCUT2D eigenvalue weighted by molar-refractivity contribution is -0.140. The molecule has 2 N–H and O–H groups in total. The van der Waals surface area contributed by atoms with Crippen LogP contribution in [0.15, 0.2) is 41.6 Å². The summed E-state index contributed by atoms with van der Waals surface area (Å²) in [5.41, 5.74) is 3.24. The summed E-state index contributed by atoms with van der Waals surface area (Å²) in [6, 6.07) is 10.2. The number of carbonyl (C=O) groups excluding carboxylic acids is 3. The summed E-state index contributed by atoms with van der Waals surface area (Å²) in [6.45, 7) is 1.92. The maximum Gasteiger partial charge on any atom is 0.337 e. The number of carbonyl (C=O) groups is 3. The van der Waals surface area contributed by atoms with Crippen LogP contribution in [0.2, 0.25) is 0 Å². The van der Waals surface area contributed by atoms with Crippen LogP contribution in [0.3, 0.4) is 0 Å². The van der Waals surface area contributed by atoms with Gasteiger partial charge in [-0.1, -0.05) is 24.1 Å². The highest BCUT2D eigenvalue weighted by atomic mass is 16.7. The Labute approximate surface area is 211 Å². The number of hydrogen-bond donors (Lipinski definition) is 2. The van der Waals surface area contributed by atoms with E-state index in [2.05, 4.69) is 15.8 Å². The molecule has 0 spiro atoms. The molecule has 2 aromatic carbocycles. The molecule has 1 fully saturated rings. The number of ether oxygens (including phenoxy) is 2. The van der Waals surface area contributed by atoms with E-state index in [4.69, 9.17) is 14.3 Å². The lowest BCUT2D eigenvalue weighted by atomic mass is 9.97. The average molecular weight is 496 g/mol. The van der Waals surface area contributed by atoms with Crippen LogP contribution in [-0.2, 0) is 20.8 Å². The van der Waals surface area contributed by atoms with Crippen molar-refractivity contribution in [2.24, 2.45) is 11.1 Å². The zero-order chi connectivity index (χ0) is 26.1. The van der Waals surface area contributed by atoms with E-state index in [9.17, 15) is 14.4 Å². The van der Waals surface area contributed by atoms with Gasteiger partial charge in [0, 0.05) is 49.3 Å². The van der Waals surface area contributed by atoms with Gasteiger partial charge >= 0.3 is 11.9 Å². The topological polar surface area (TPSA) is 115 Å². The van der Waals surface area contributed by atoms with Gasteiger partial charge in [-0.3, -0.25) is 4.79 Å². The molecule has 2 aromatic rings. The molecular formula is C27H33N3O6. The molecule has 9 nitrogen and oxygen atoms in total. The highest BCUT2D eigenvalue weighted by Gasteiger charge is 2.20. The number of methoxy groups -OCH3 is 2. The Morgan fingerprint density at radius 1 is 1.03 bits per heavy atom. The maximum atomic E-state index is 12.9. The van der Waals surface area contributed by atoms with Crippen molar-refractivity contribution in [2.45, 2.75) is 39.0 Å². The van der Waals surface area contributed by atoms with Crippen molar-refractivity contribution in [1.29, 1.82) is 0 Å². The molecule has 1 amide bonds. The van der Waals surface area contributed by atoms with Crippen LogP contribution in [-0.4, -0.2) is 51.4 Å². The van der Waals surface area contributed by atoms with Crippen molar-refractivity contribution < 1.29 is 28.7 Å². The fourth-order valence-corrected chi connectivity index (χ4v) is 4.31. The Morgan fingerprint density at radius 2 is 1.75 bits per heavy atom. The minimum Gasteiger partial charge on any atom is -0.496 e. The van der Waals surface area contributed by atoms with Gasteiger partial charge in [0.15, 0.2) is 0 Å². The van der Waals surface area contributed by atoms with E-state index in [0.29, 0.717) is 51.9 Å². The van der Waals surface area contributed by atoms with Crippen LogP contribution in [0, 0.1) is 5.92 Å². The first-order chi connectivity index (χ1) is 17.4. The van der Waals surface area contributed by atoms with Gasteiger partial charge in [-0.15, -0.1) is 0 Å². The summed E-state index contributed by atoms with van der Waals surface area (Å²) in [5.74, 6) is -0.256. The van der Waals surface area contributed by atoms with Gasteiger partial charge in [0.25, 0.3) is 5.91 Å². The summed E-state index contributed by atoms with van der Waals surface area (Å²) >= 11 is 0. The number of rotatable bonds is 10. The van der Waals surface area contributed by atoms with E-state index in [0.717, 1.165) is 12.8 Å². The number of benzene rings is 2. The quantitative estimate of drug-likeness (QED) is 0.222. The molecule has 9 heteroatoms. The first-order valence-corrected chi connectivity index (χ1v) is 12.0. The molecule has 1 aliphatic rings. The Hall–Kier alpha value is -3.88. The minimum atomic E-state index is -0.572. The average Bonchev–Trinajstić information content (AvgIpc) is 3.42. The van der Waals surface area contributed by atoms with Gasteiger partial charge < -0.3 is 24.9 Å². The van der Waals surface area contributed by atoms with Crippen LogP contribution >= 0.6 is 0 Å². The van der Waals surface area contributed by atoms with Crippen molar-refractivity contribution in [3.8, 4) is 5.75 Å². The third-order valence-corrected chi connectivity index (χ3v) is 6.24. The molecule has 1 saturated carbocycles. The van der Waals surface area contributed by atoms with Crippen LogP contribution < -0.4 is 15.4 Å². The van der Waals surface area contributed by atoms with E-state index in [-0.39, 0.29) is 12.3 Å². The normalized spacial score (nSPS) is 13.7. The molecule has 36 heavy (non-hydrogen) atoms. The molecule has 192 valence electrons. The van der Waals surface area contributed by atoms with Crippen molar-refractivity contribution in [3.63, 3.8) is 0 Å². The standard InChI is InChI=1S/C27H33N3O6/c1-17(31)36-30-24(14-19-9-10-21(27(33)35-4)15-25(19)34-3)22-13-20(11-12-23(22)28-2)26(32)29-16-18-7-5-6-8-18/h9-13,15,18,28H,5-8,14,16H2,1-4H3,(H,29,32). The Balaban J connectivity index is 1.94. The number of amides is 1. The second kappa shape index (κ2) is 12.7. The van der Waals surface area contributed by atoms with Crippen LogP contribution in [0.5, 0.6) is 5.75 Å². The van der Waals surface area contributed by atoms with Crippen molar-refractivity contribution in [1.82, 2.24) is 5.32 Å². The summed E-state index contributed by atoms with van der Waals surface area (Å²) in [6.07, 6.45) is 4.91. The van der Waals surface area contributed by atoms with Gasteiger partial charge in [0.1, 0.15) is 5.75 Å². The van der Waals surface area contributed by atoms with Gasteiger partial charge in [0.05, 0.1) is 25.5 Å². The van der Waals surface area contributed by atoms with Gasteiger partial charge in [0.2, 0.25) is 0 Å². The zero-order valence-electron chi connectivity index (χ0n) is 21.2. The highest BCUT2D eigenvalue weighted by molar-refractivity contribution is 6.08. The molecule has 0 atom stereocenters. The molecular weight excluding hydrogens is 462 g/mol. The zero-order valence-corrected chi connectivity index (χ0v) is 21.2. The molecule has 0 radical (unpaired) electrons. The molecule has 1 aliphatic carbocycles. The molecule has 0 unspecified atom stereocenters. The number of oxime groups is 1. The second-order valence-electron chi connectivity index (χ2n) is 8.69. The van der Waals surface area contributed by atoms with Gasteiger partial charge in [-0.2, -0.15) is 0 Å². The lowest BCUT2D eigenvalue weighted by Gasteiger charge is -2.16. The molecule has 0 aromatic heterocycles. The molecule has 0 heterocycles. The van der Waals surface area contributed by atoms with E-state index in [1.807, 2.05) is 0 Å². The molecule has 3 rings (SSSR count). The van der Waals surface area contributed by atoms with E-state index >= 15 is 0 Å². The predicted molar refractivity (Wildman–Crippen MR) is 137 cm³/mol. The maximum absolute atomic E-state index is 12.9. The summed E-state index contributed by atoms with van der Waals surface area (Å²) in [7, 11) is 4.56. The van der Waals surface area contributed by atoms with Crippen molar-refractivity contribution >= 4 is 29.2 Å². The van der Waals surface area contributed by atoms with Crippen LogP contribution in [0.1, 0.15) is 64.4 Å². The number of esters is 1. The fourth-order valence-electron chi connectivity index (χ4n) is 4.31. The number of hydrogen-bond acceptors (Lipinski definition) is 8. The third-order valence-electron chi connectivity index (χ3n) is 6.24. The first-order valence-electron chi connectivity index (χ1n) is 12.0. The fraction of sp³-hybridized carbons (Fsp3) is 0.407.